The summed E-state index contributed by atoms with van der Waals surface area (Å²) >= 11 is 0. The van der Waals surface area contributed by atoms with Crippen LogP contribution in [0, 0.1) is 0 Å². The number of aliphatic hydroxyl groups excluding tert-OH is 1. The van der Waals surface area contributed by atoms with Crippen LogP contribution < -0.4 is 10.2 Å². The van der Waals surface area contributed by atoms with Crippen molar-refractivity contribution in [1.82, 2.24) is 0 Å². The van der Waals surface area contributed by atoms with E-state index in [9.17, 15) is 0 Å². The second kappa shape index (κ2) is 4.14. The fourth-order valence-corrected chi connectivity index (χ4v) is 0.972. The molecule has 1 aromatic rings. The van der Waals surface area contributed by atoms with Crippen LogP contribution in [-0.2, 0) is 6.61 Å². The molecule has 0 fully saturated rings. The third-order valence-electron chi connectivity index (χ3n) is 1.66. The average molecular weight is 165 g/mol. The number of hydrogen-bond acceptors (Lipinski definition) is 3. The third kappa shape index (κ3) is 1.78. The smallest absolute Gasteiger partial charge is 0.327 e. The zero-order valence-corrected chi connectivity index (χ0v) is 6.82. The Morgan fingerprint density at radius 1 is 1.50 bits per heavy atom. The highest BCUT2D eigenvalue weighted by Crippen LogP contribution is 2.10. The van der Waals surface area contributed by atoms with Crippen molar-refractivity contribution in [2.45, 2.75) is 6.61 Å². The maximum absolute atomic E-state index is 8.88. The lowest BCUT2D eigenvalue weighted by Crippen LogP contribution is -2.18. The summed E-state index contributed by atoms with van der Waals surface area (Å²) in [7, 11) is 2.52. The van der Waals surface area contributed by atoms with Gasteiger partial charge in [-0.05, 0) is 23.2 Å². The quantitative estimate of drug-likeness (QED) is 0.589. The monoisotopic (exact) mass is 165 g/mol. The van der Waals surface area contributed by atoms with E-state index in [2.05, 4.69) is 0 Å². The molecule has 0 spiro atoms. The number of hydrogen-bond donors (Lipinski definition) is 2. The fraction of sp³-hybridized carbons (Fsp3) is 0.250. The summed E-state index contributed by atoms with van der Waals surface area (Å²) in [4.78, 5) is 0. The van der Waals surface area contributed by atoms with E-state index in [1.165, 1.54) is 0 Å². The Morgan fingerprint density at radius 2 is 2.25 bits per heavy atom. The summed E-state index contributed by atoms with van der Waals surface area (Å²) in [5.41, 5.74) is 1.26. The van der Waals surface area contributed by atoms with Gasteiger partial charge in [-0.3, -0.25) is 0 Å². The van der Waals surface area contributed by atoms with Gasteiger partial charge in [-0.25, -0.2) is 0 Å². The topological polar surface area (TPSA) is 49.7 Å². The number of rotatable bonds is 3. The highest BCUT2D eigenvalue weighted by atomic mass is 16.5. The van der Waals surface area contributed by atoms with Gasteiger partial charge < -0.3 is 14.9 Å². The van der Waals surface area contributed by atoms with Crippen LogP contribution in [-0.4, -0.2) is 24.7 Å². The predicted octanol–water partition coefficient (Wildman–Crippen LogP) is -0.576. The first-order valence-electron chi connectivity index (χ1n) is 3.57. The van der Waals surface area contributed by atoms with Gasteiger partial charge in [0.2, 0.25) is 0 Å². The minimum absolute atomic E-state index is 0.108. The van der Waals surface area contributed by atoms with Crippen LogP contribution in [0.5, 0.6) is 5.75 Å². The summed E-state index contributed by atoms with van der Waals surface area (Å²) < 4.78 is 4.95. The van der Waals surface area contributed by atoms with Crippen molar-refractivity contribution in [3.63, 3.8) is 0 Å². The van der Waals surface area contributed by atoms with E-state index in [4.69, 9.17) is 14.9 Å². The van der Waals surface area contributed by atoms with Crippen LogP contribution in [0.25, 0.3) is 0 Å². The van der Waals surface area contributed by atoms with E-state index in [1.807, 2.05) is 0 Å². The number of benzene rings is 1. The largest absolute Gasteiger partial charge is 0.497 e. The summed E-state index contributed by atoms with van der Waals surface area (Å²) in [6, 6.07) is 5.09. The molecule has 0 bridgehead atoms. The predicted molar refractivity (Wildman–Crippen MR) is 46.5 cm³/mol. The molecule has 1 aromatic carbocycles. The standard InChI is InChI=1S/C8H10BO3/c1-12-7-2-3-8(9-11)6(4-7)5-10/h2-4,10-11H,5H2,1H3. The van der Waals surface area contributed by atoms with E-state index in [0.29, 0.717) is 16.8 Å². The Bertz CT molecular complexity index is 262. The average Bonchev–Trinajstić information content (AvgIpc) is 2.16. The Morgan fingerprint density at radius 3 is 2.75 bits per heavy atom. The van der Waals surface area contributed by atoms with Gasteiger partial charge in [-0.2, -0.15) is 0 Å². The van der Waals surface area contributed by atoms with E-state index in [0.717, 1.165) is 7.48 Å². The maximum atomic E-state index is 8.88. The Labute approximate surface area is 71.9 Å². The van der Waals surface area contributed by atoms with Gasteiger partial charge in [0.05, 0.1) is 13.7 Å². The van der Waals surface area contributed by atoms with Gasteiger partial charge in [0.15, 0.2) is 0 Å². The lowest BCUT2D eigenvalue weighted by atomic mass is 9.84. The molecule has 0 unspecified atom stereocenters. The van der Waals surface area contributed by atoms with Gasteiger partial charge in [-0.15, -0.1) is 0 Å². The fourth-order valence-electron chi connectivity index (χ4n) is 0.972. The summed E-state index contributed by atoms with van der Waals surface area (Å²) in [6.07, 6.45) is 0. The Kier molecular flexibility index (Phi) is 3.14. The van der Waals surface area contributed by atoms with E-state index < -0.39 is 0 Å². The van der Waals surface area contributed by atoms with Gasteiger partial charge >= 0.3 is 7.48 Å². The second-order valence-electron chi connectivity index (χ2n) is 2.35. The molecule has 4 heteroatoms. The van der Waals surface area contributed by atoms with Crippen molar-refractivity contribution in [3.8, 4) is 5.75 Å². The van der Waals surface area contributed by atoms with Crippen molar-refractivity contribution >= 4 is 12.9 Å². The molecule has 0 amide bonds. The summed E-state index contributed by atoms with van der Waals surface area (Å²) in [6.45, 7) is -0.108. The molecular formula is C8H10BO3. The van der Waals surface area contributed by atoms with Crippen LogP contribution >= 0.6 is 0 Å². The molecule has 3 nitrogen and oxygen atoms in total. The number of methoxy groups -OCH3 is 1. The van der Waals surface area contributed by atoms with Gasteiger partial charge in [0.1, 0.15) is 5.75 Å². The van der Waals surface area contributed by atoms with Crippen molar-refractivity contribution < 1.29 is 14.9 Å². The van der Waals surface area contributed by atoms with Crippen LogP contribution in [0.4, 0.5) is 0 Å². The van der Waals surface area contributed by atoms with Gasteiger partial charge in [0.25, 0.3) is 0 Å². The molecule has 0 aliphatic carbocycles. The first-order valence-corrected chi connectivity index (χ1v) is 3.57. The third-order valence-corrected chi connectivity index (χ3v) is 1.66. The van der Waals surface area contributed by atoms with Crippen LogP contribution in [0.15, 0.2) is 18.2 Å². The molecule has 63 valence electrons. The molecule has 0 saturated heterocycles. The van der Waals surface area contributed by atoms with Crippen molar-refractivity contribution in [2.24, 2.45) is 0 Å². The van der Waals surface area contributed by atoms with Crippen LogP contribution in [0.2, 0.25) is 0 Å². The Balaban J connectivity index is 3.02. The zero-order valence-electron chi connectivity index (χ0n) is 6.82. The molecule has 0 heterocycles. The molecule has 2 N–H and O–H groups in total. The van der Waals surface area contributed by atoms with E-state index in [1.54, 1.807) is 25.3 Å². The highest BCUT2D eigenvalue weighted by molar-refractivity contribution is 6.46. The summed E-state index contributed by atoms with van der Waals surface area (Å²) in [5.74, 6) is 0.671. The van der Waals surface area contributed by atoms with Gasteiger partial charge in [0, 0.05) is 0 Å². The zero-order chi connectivity index (χ0) is 8.97. The van der Waals surface area contributed by atoms with E-state index >= 15 is 0 Å². The molecule has 1 radical (unpaired) electrons. The first-order chi connectivity index (χ1) is 5.81. The normalized spacial score (nSPS) is 9.58. The lowest BCUT2D eigenvalue weighted by Gasteiger charge is -2.05. The highest BCUT2D eigenvalue weighted by Gasteiger charge is 2.03. The SMILES string of the molecule is COc1ccc([B]O)c(CO)c1. The molecule has 0 atom stereocenters. The molecule has 1 rings (SSSR count). The minimum atomic E-state index is -0.108. The molecule has 0 aliphatic rings. The summed E-state index contributed by atoms with van der Waals surface area (Å²) in [5, 5.41) is 17.6. The second-order valence-corrected chi connectivity index (χ2v) is 2.35. The number of ether oxygens (including phenoxy) is 1. The van der Waals surface area contributed by atoms with Crippen LogP contribution in [0.3, 0.4) is 0 Å². The van der Waals surface area contributed by atoms with Crippen molar-refractivity contribution in [3.05, 3.63) is 23.8 Å². The molecule has 0 aliphatic heterocycles. The molecule has 0 saturated carbocycles. The first kappa shape index (κ1) is 9.10. The maximum Gasteiger partial charge on any atom is 0.327 e. The van der Waals surface area contributed by atoms with Gasteiger partial charge in [-0.1, -0.05) is 6.07 Å². The van der Waals surface area contributed by atoms with Crippen LogP contribution in [0.1, 0.15) is 5.56 Å². The van der Waals surface area contributed by atoms with Crippen molar-refractivity contribution in [1.29, 1.82) is 0 Å². The molecular weight excluding hydrogens is 155 g/mol. The lowest BCUT2D eigenvalue weighted by molar-refractivity contribution is 0.282. The Hall–Kier alpha value is -0.995. The molecule has 12 heavy (non-hydrogen) atoms. The van der Waals surface area contributed by atoms with E-state index in [-0.39, 0.29) is 6.61 Å². The molecule has 0 aromatic heterocycles. The minimum Gasteiger partial charge on any atom is -0.497 e. The van der Waals surface area contributed by atoms with Crippen molar-refractivity contribution in [2.75, 3.05) is 7.11 Å². The number of aliphatic hydroxyl groups is 1.